The smallest absolute Gasteiger partial charge is 0.0469 e. The van der Waals surface area contributed by atoms with Gasteiger partial charge in [-0.15, -0.1) is 0 Å². The van der Waals surface area contributed by atoms with Crippen LogP contribution in [-0.4, -0.2) is 75.9 Å². The lowest BCUT2D eigenvalue weighted by molar-refractivity contribution is 0.0662. The number of nitrogens with zero attached hydrogens (tertiary/aromatic N) is 2. The van der Waals surface area contributed by atoms with Gasteiger partial charge >= 0.3 is 0 Å². The van der Waals surface area contributed by atoms with Crippen molar-refractivity contribution < 1.29 is 4.74 Å². The Labute approximate surface area is 112 Å². The van der Waals surface area contributed by atoms with Gasteiger partial charge in [0.2, 0.25) is 0 Å². The van der Waals surface area contributed by atoms with E-state index in [1.165, 1.54) is 65.1 Å². The number of likely N-dealkylation sites (N-methyl/N-ethyl adjacent to an activating group) is 1. The van der Waals surface area contributed by atoms with Crippen molar-refractivity contribution in [2.75, 3.05) is 66.1 Å². The molecule has 0 unspecified atom stereocenters. The Hall–Kier alpha value is -0.160. The molecule has 0 aliphatic carbocycles. The fourth-order valence-corrected chi connectivity index (χ4v) is 2.76. The van der Waals surface area contributed by atoms with Crippen molar-refractivity contribution in [3.05, 3.63) is 0 Å². The standard InChI is InChI=1S/C14H29N3O/c1-16-7-9-17(10-8-16)6-2-5-15-13-14-3-11-18-12-4-14/h14-15H,2-13H2,1H3. The molecule has 4 heteroatoms. The lowest BCUT2D eigenvalue weighted by Gasteiger charge is -2.32. The van der Waals surface area contributed by atoms with Gasteiger partial charge in [0, 0.05) is 39.4 Å². The van der Waals surface area contributed by atoms with Gasteiger partial charge in [0.15, 0.2) is 0 Å². The fraction of sp³-hybridized carbons (Fsp3) is 1.00. The van der Waals surface area contributed by atoms with Gasteiger partial charge in [-0.3, -0.25) is 0 Å². The molecule has 0 aromatic heterocycles. The molecule has 2 aliphatic rings. The van der Waals surface area contributed by atoms with E-state index in [0.29, 0.717) is 0 Å². The highest BCUT2D eigenvalue weighted by Crippen LogP contribution is 2.12. The van der Waals surface area contributed by atoms with Crippen LogP contribution in [0.3, 0.4) is 0 Å². The summed E-state index contributed by atoms with van der Waals surface area (Å²) in [7, 11) is 2.22. The first-order valence-electron chi connectivity index (χ1n) is 7.54. The van der Waals surface area contributed by atoms with E-state index in [2.05, 4.69) is 22.2 Å². The summed E-state index contributed by atoms with van der Waals surface area (Å²) < 4.78 is 5.38. The fourth-order valence-electron chi connectivity index (χ4n) is 2.76. The van der Waals surface area contributed by atoms with E-state index < -0.39 is 0 Å². The molecule has 0 bridgehead atoms. The number of hydrogen-bond acceptors (Lipinski definition) is 4. The van der Waals surface area contributed by atoms with Crippen LogP contribution in [0.25, 0.3) is 0 Å². The van der Waals surface area contributed by atoms with Crippen molar-refractivity contribution in [2.45, 2.75) is 19.3 Å². The molecule has 0 amide bonds. The molecule has 2 rings (SSSR count). The highest BCUT2D eigenvalue weighted by molar-refractivity contribution is 4.70. The summed E-state index contributed by atoms with van der Waals surface area (Å²) in [6.45, 7) is 10.5. The topological polar surface area (TPSA) is 27.7 Å². The molecular formula is C14H29N3O. The molecule has 0 atom stereocenters. The first kappa shape index (κ1) is 14.3. The zero-order valence-electron chi connectivity index (χ0n) is 11.9. The number of hydrogen-bond donors (Lipinski definition) is 1. The van der Waals surface area contributed by atoms with Gasteiger partial charge in [0.1, 0.15) is 0 Å². The third-order valence-electron chi connectivity index (χ3n) is 4.20. The number of ether oxygens (including phenoxy) is 1. The van der Waals surface area contributed by atoms with Crippen molar-refractivity contribution in [2.24, 2.45) is 5.92 Å². The van der Waals surface area contributed by atoms with E-state index in [1.54, 1.807) is 0 Å². The second-order valence-corrected chi connectivity index (χ2v) is 5.76. The van der Waals surface area contributed by atoms with E-state index in [1.807, 2.05) is 0 Å². The molecule has 1 N–H and O–H groups in total. The van der Waals surface area contributed by atoms with Gasteiger partial charge in [-0.1, -0.05) is 0 Å². The average Bonchev–Trinajstić information content (AvgIpc) is 2.42. The largest absolute Gasteiger partial charge is 0.381 e. The summed E-state index contributed by atoms with van der Waals surface area (Å²) in [4.78, 5) is 5.01. The summed E-state index contributed by atoms with van der Waals surface area (Å²) in [5.74, 6) is 0.849. The molecule has 0 radical (unpaired) electrons. The Morgan fingerprint density at radius 1 is 1.11 bits per heavy atom. The Morgan fingerprint density at radius 3 is 2.56 bits per heavy atom. The van der Waals surface area contributed by atoms with Gasteiger partial charge in [0.05, 0.1) is 0 Å². The van der Waals surface area contributed by atoms with Crippen LogP contribution in [0.4, 0.5) is 0 Å². The molecule has 2 heterocycles. The van der Waals surface area contributed by atoms with E-state index in [0.717, 1.165) is 19.1 Å². The van der Waals surface area contributed by atoms with Crippen LogP contribution >= 0.6 is 0 Å². The third-order valence-corrected chi connectivity index (χ3v) is 4.20. The van der Waals surface area contributed by atoms with Crippen LogP contribution in [0.5, 0.6) is 0 Å². The zero-order valence-corrected chi connectivity index (χ0v) is 11.9. The van der Waals surface area contributed by atoms with Crippen molar-refractivity contribution in [3.8, 4) is 0 Å². The zero-order chi connectivity index (χ0) is 12.6. The molecule has 2 aliphatic heterocycles. The summed E-state index contributed by atoms with van der Waals surface area (Å²) in [5.41, 5.74) is 0. The molecule has 0 aromatic rings. The summed E-state index contributed by atoms with van der Waals surface area (Å²) >= 11 is 0. The number of nitrogens with one attached hydrogen (secondary N) is 1. The highest BCUT2D eigenvalue weighted by atomic mass is 16.5. The van der Waals surface area contributed by atoms with Crippen LogP contribution in [0.1, 0.15) is 19.3 Å². The predicted octanol–water partition coefficient (Wildman–Crippen LogP) is 0.640. The van der Waals surface area contributed by atoms with Crippen LogP contribution in [0.2, 0.25) is 0 Å². The maximum absolute atomic E-state index is 5.38. The molecular weight excluding hydrogens is 226 g/mol. The molecule has 106 valence electrons. The second kappa shape index (κ2) is 8.10. The van der Waals surface area contributed by atoms with Crippen molar-refractivity contribution >= 4 is 0 Å². The minimum atomic E-state index is 0.849. The van der Waals surface area contributed by atoms with Gasteiger partial charge in [-0.25, -0.2) is 0 Å². The molecule has 2 saturated heterocycles. The van der Waals surface area contributed by atoms with Gasteiger partial charge in [0.25, 0.3) is 0 Å². The van der Waals surface area contributed by atoms with Crippen LogP contribution in [0.15, 0.2) is 0 Å². The van der Waals surface area contributed by atoms with Crippen molar-refractivity contribution in [3.63, 3.8) is 0 Å². The Kier molecular flexibility index (Phi) is 6.41. The minimum Gasteiger partial charge on any atom is -0.381 e. The first-order valence-corrected chi connectivity index (χ1v) is 7.54. The third kappa shape index (κ3) is 5.22. The highest BCUT2D eigenvalue weighted by Gasteiger charge is 2.14. The van der Waals surface area contributed by atoms with E-state index in [-0.39, 0.29) is 0 Å². The monoisotopic (exact) mass is 255 g/mol. The normalized spacial score (nSPS) is 24.5. The average molecular weight is 255 g/mol. The predicted molar refractivity (Wildman–Crippen MR) is 75.0 cm³/mol. The Balaban J connectivity index is 1.43. The van der Waals surface area contributed by atoms with Crippen LogP contribution < -0.4 is 5.32 Å². The van der Waals surface area contributed by atoms with Crippen molar-refractivity contribution in [1.82, 2.24) is 15.1 Å². The Bertz CT molecular complexity index is 211. The van der Waals surface area contributed by atoms with Crippen LogP contribution in [-0.2, 0) is 4.74 Å². The van der Waals surface area contributed by atoms with Gasteiger partial charge in [-0.05, 0) is 51.9 Å². The first-order chi connectivity index (χ1) is 8.84. The summed E-state index contributed by atoms with van der Waals surface area (Å²) in [6, 6.07) is 0. The summed E-state index contributed by atoms with van der Waals surface area (Å²) in [6.07, 6.45) is 3.77. The SMILES string of the molecule is CN1CCN(CCCNCC2CCOCC2)CC1. The van der Waals surface area contributed by atoms with E-state index in [9.17, 15) is 0 Å². The molecule has 18 heavy (non-hydrogen) atoms. The van der Waals surface area contributed by atoms with Gasteiger partial charge in [-0.2, -0.15) is 0 Å². The van der Waals surface area contributed by atoms with Gasteiger partial charge < -0.3 is 19.9 Å². The Morgan fingerprint density at radius 2 is 1.83 bits per heavy atom. The molecule has 2 fully saturated rings. The van der Waals surface area contributed by atoms with Crippen LogP contribution in [0, 0.1) is 5.92 Å². The maximum Gasteiger partial charge on any atom is 0.0469 e. The maximum atomic E-state index is 5.38. The summed E-state index contributed by atoms with van der Waals surface area (Å²) in [5, 5.41) is 3.61. The molecule has 0 aromatic carbocycles. The minimum absolute atomic E-state index is 0.849. The lowest BCUT2D eigenvalue weighted by atomic mass is 10.0. The second-order valence-electron chi connectivity index (χ2n) is 5.76. The van der Waals surface area contributed by atoms with E-state index >= 15 is 0 Å². The quantitative estimate of drug-likeness (QED) is 0.705. The number of piperazine rings is 1. The van der Waals surface area contributed by atoms with E-state index in [4.69, 9.17) is 4.74 Å². The molecule has 0 spiro atoms. The molecule has 0 saturated carbocycles. The number of rotatable bonds is 6. The lowest BCUT2D eigenvalue weighted by Crippen LogP contribution is -2.45. The molecule has 4 nitrogen and oxygen atoms in total. The van der Waals surface area contributed by atoms with Crippen molar-refractivity contribution in [1.29, 1.82) is 0 Å².